The van der Waals surface area contributed by atoms with Gasteiger partial charge < -0.3 is 4.74 Å². The second kappa shape index (κ2) is 8.16. The molecule has 19 heavy (non-hydrogen) atoms. The lowest BCUT2D eigenvalue weighted by molar-refractivity contribution is 0.182. The van der Waals surface area contributed by atoms with Gasteiger partial charge in [-0.25, -0.2) is 12.7 Å². The molecule has 2 atom stereocenters. The molecule has 3 N–H and O–H groups in total. The fourth-order valence-electron chi connectivity index (χ4n) is 2.67. The van der Waals surface area contributed by atoms with Gasteiger partial charge in [-0.05, 0) is 38.0 Å². The molecule has 0 amide bonds. The topological polar surface area (TPSA) is 84.7 Å². The molecule has 0 radical (unpaired) electrons. The second-order valence-corrected chi connectivity index (χ2v) is 7.35. The number of sulfonamides is 1. The molecular formula is C12H27N3O3S. The maximum Gasteiger partial charge on any atom is 0.211 e. The molecular weight excluding hydrogens is 266 g/mol. The zero-order valence-electron chi connectivity index (χ0n) is 12.0. The largest absolute Gasteiger partial charge is 0.385 e. The Morgan fingerprint density at radius 1 is 1.53 bits per heavy atom. The second-order valence-electron chi connectivity index (χ2n) is 5.36. The lowest BCUT2D eigenvalue weighted by Gasteiger charge is -2.32. The molecule has 7 heteroatoms. The van der Waals surface area contributed by atoms with E-state index in [1.165, 1.54) is 6.26 Å². The van der Waals surface area contributed by atoms with Crippen molar-refractivity contribution < 1.29 is 13.2 Å². The van der Waals surface area contributed by atoms with Gasteiger partial charge in [0, 0.05) is 32.8 Å². The normalized spacial score (nSPS) is 23.4. The number of nitrogens with zero attached hydrogens (tertiary/aromatic N) is 1. The van der Waals surface area contributed by atoms with E-state index in [2.05, 4.69) is 5.43 Å². The third-order valence-corrected chi connectivity index (χ3v) is 4.98. The molecule has 0 saturated carbocycles. The van der Waals surface area contributed by atoms with Crippen LogP contribution in [0.4, 0.5) is 0 Å². The average Bonchev–Trinajstić information content (AvgIpc) is 2.37. The Kier molecular flexibility index (Phi) is 7.23. The van der Waals surface area contributed by atoms with Gasteiger partial charge in [0.1, 0.15) is 0 Å². The number of methoxy groups -OCH3 is 1. The molecule has 2 unspecified atom stereocenters. The van der Waals surface area contributed by atoms with Gasteiger partial charge in [-0.1, -0.05) is 0 Å². The molecule has 1 rings (SSSR count). The molecule has 0 aromatic rings. The van der Waals surface area contributed by atoms with Gasteiger partial charge in [-0.3, -0.25) is 11.3 Å². The summed E-state index contributed by atoms with van der Waals surface area (Å²) < 4.78 is 29.8. The third-order valence-electron chi connectivity index (χ3n) is 3.71. The zero-order chi connectivity index (χ0) is 14.3. The van der Waals surface area contributed by atoms with Gasteiger partial charge in [-0.2, -0.15) is 0 Å². The summed E-state index contributed by atoms with van der Waals surface area (Å²) in [5.41, 5.74) is 2.84. The van der Waals surface area contributed by atoms with Gasteiger partial charge in [0.2, 0.25) is 10.0 Å². The van der Waals surface area contributed by atoms with Crippen LogP contribution >= 0.6 is 0 Å². The maximum absolute atomic E-state index is 11.6. The fraction of sp³-hybridized carbons (Fsp3) is 1.00. The first-order valence-electron chi connectivity index (χ1n) is 6.87. The Balaban J connectivity index is 2.41. The summed E-state index contributed by atoms with van der Waals surface area (Å²) >= 11 is 0. The highest BCUT2D eigenvalue weighted by Crippen LogP contribution is 2.23. The van der Waals surface area contributed by atoms with Crippen molar-refractivity contribution in [1.29, 1.82) is 0 Å². The number of hydrogen-bond donors (Lipinski definition) is 2. The number of hydrazine groups is 1. The molecule has 0 aliphatic carbocycles. The van der Waals surface area contributed by atoms with Gasteiger partial charge >= 0.3 is 0 Å². The fourth-order valence-corrected chi connectivity index (χ4v) is 3.61. The van der Waals surface area contributed by atoms with Crippen LogP contribution in [0.2, 0.25) is 0 Å². The first-order chi connectivity index (χ1) is 8.97. The van der Waals surface area contributed by atoms with E-state index in [9.17, 15) is 8.42 Å². The predicted molar refractivity (Wildman–Crippen MR) is 76.0 cm³/mol. The molecule has 0 spiro atoms. The van der Waals surface area contributed by atoms with Crippen molar-refractivity contribution in [1.82, 2.24) is 9.73 Å². The average molecular weight is 293 g/mol. The van der Waals surface area contributed by atoms with E-state index in [4.69, 9.17) is 10.6 Å². The highest BCUT2D eigenvalue weighted by atomic mass is 32.2. The van der Waals surface area contributed by atoms with Crippen molar-refractivity contribution in [2.45, 2.75) is 38.1 Å². The van der Waals surface area contributed by atoms with E-state index >= 15 is 0 Å². The number of nitrogens with one attached hydrogen (secondary N) is 1. The van der Waals surface area contributed by atoms with Crippen LogP contribution in [-0.2, 0) is 14.8 Å². The summed E-state index contributed by atoms with van der Waals surface area (Å²) in [6.07, 6.45) is 6.15. The summed E-state index contributed by atoms with van der Waals surface area (Å²) in [7, 11) is -1.37. The Labute approximate surface area is 116 Å². The third kappa shape index (κ3) is 6.18. The Morgan fingerprint density at radius 3 is 2.84 bits per heavy atom. The maximum atomic E-state index is 11.6. The molecule has 1 fully saturated rings. The van der Waals surface area contributed by atoms with Crippen LogP contribution in [0.5, 0.6) is 0 Å². The van der Waals surface area contributed by atoms with Crippen LogP contribution < -0.4 is 11.3 Å². The van der Waals surface area contributed by atoms with Crippen molar-refractivity contribution in [3.05, 3.63) is 0 Å². The number of nitrogens with two attached hydrogens (primary N) is 1. The number of hydrogen-bond acceptors (Lipinski definition) is 5. The summed E-state index contributed by atoms with van der Waals surface area (Å²) in [6.45, 7) is 2.01. The van der Waals surface area contributed by atoms with Crippen LogP contribution in [0.1, 0.15) is 32.1 Å². The molecule has 0 aromatic carbocycles. The van der Waals surface area contributed by atoms with Crippen molar-refractivity contribution >= 4 is 10.0 Å². The van der Waals surface area contributed by atoms with E-state index < -0.39 is 10.0 Å². The Bertz CT molecular complexity index is 348. The molecule has 0 aromatic heterocycles. The lowest BCUT2D eigenvalue weighted by Crippen LogP contribution is -2.43. The first kappa shape index (κ1) is 16.8. The van der Waals surface area contributed by atoms with Crippen molar-refractivity contribution in [3.8, 4) is 0 Å². The molecule has 1 heterocycles. The van der Waals surface area contributed by atoms with E-state index in [-0.39, 0.29) is 6.04 Å². The molecule has 1 saturated heterocycles. The Morgan fingerprint density at radius 2 is 2.26 bits per heavy atom. The minimum atomic E-state index is -3.06. The lowest BCUT2D eigenvalue weighted by atomic mass is 9.91. The zero-order valence-corrected chi connectivity index (χ0v) is 12.8. The van der Waals surface area contributed by atoms with E-state index in [1.54, 1.807) is 11.4 Å². The number of rotatable bonds is 8. The first-order valence-corrected chi connectivity index (χ1v) is 8.72. The van der Waals surface area contributed by atoms with Crippen LogP contribution in [0.15, 0.2) is 0 Å². The summed E-state index contributed by atoms with van der Waals surface area (Å²) in [5.74, 6) is 5.97. The van der Waals surface area contributed by atoms with Crippen molar-refractivity contribution in [2.75, 3.05) is 33.1 Å². The van der Waals surface area contributed by atoms with E-state index in [1.807, 2.05) is 0 Å². The highest BCUT2D eigenvalue weighted by Gasteiger charge is 2.27. The van der Waals surface area contributed by atoms with E-state index in [0.717, 1.165) is 38.7 Å². The predicted octanol–water partition coefficient (Wildman–Crippen LogP) is 0.307. The van der Waals surface area contributed by atoms with Crippen molar-refractivity contribution in [3.63, 3.8) is 0 Å². The molecule has 6 nitrogen and oxygen atoms in total. The monoisotopic (exact) mass is 293 g/mol. The Hall–Kier alpha value is -0.210. The smallest absolute Gasteiger partial charge is 0.211 e. The summed E-state index contributed by atoms with van der Waals surface area (Å²) in [5, 5.41) is 0. The molecule has 114 valence electrons. The van der Waals surface area contributed by atoms with Crippen LogP contribution in [0, 0.1) is 5.92 Å². The van der Waals surface area contributed by atoms with Gasteiger partial charge in [0.05, 0.1) is 6.26 Å². The minimum Gasteiger partial charge on any atom is -0.385 e. The van der Waals surface area contributed by atoms with Crippen LogP contribution in [0.25, 0.3) is 0 Å². The number of piperidine rings is 1. The van der Waals surface area contributed by atoms with Gasteiger partial charge in [0.25, 0.3) is 0 Å². The summed E-state index contributed by atoms with van der Waals surface area (Å²) in [4.78, 5) is 0. The van der Waals surface area contributed by atoms with Crippen molar-refractivity contribution in [2.24, 2.45) is 11.8 Å². The van der Waals surface area contributed by atoms with Gasteiger partial charge in [-0.15, -0.1) is 0 Å². The van der Waals surface area contributed by atoms with E-state index in [0.29, 0.717) is 19.0 Å². The minimum absolute atomic E-state index is 0.236. The molecule has 0 bridgehead atoms. The number of ether oxygens (including phenoxy) is 1. The molecule has 1 aliphatic rings. The SMILES string of the molecule is COCCCC(CC1CCCN(S(C)(=O)=O)C1)NN. The molecule has 1 aliphatic heterocycles. The summed E-state index contributed by atoms with van der Waals surface area (Å²) in [6, 6.07) is 0.236. The van der Waals surface area contributed by atoms with Crippen LogP contribution in [-0.4, -0.2) is 51.8 Å². The standard InChI is InChI=1S/C12H27N3O3S/c1-18-8-4-6-12(14-13)9-11-5-3-7-15(10-11)19(2,16)17/h11-12,14H,3-10,13H2,1-2H3. The van der Waals surface area contributed by atoms with Crippen LogP contribution in [0.3, 0.4) is 0 Å². The van der Waals surface area contributed by atoms with Gasteiger partial charge in [0.15, 0.2) is 0 Å². The quantitative estimate of drug-likeness (QED) is 0.382. The highest BCUT2D eigenvalue weighted by molar-refractivity contribution is 7.88.